The maximum absolute atomic E-state index is 12.9. The summed E-state index contributed by atoms with van der Waals surface area (Å²) in [6, 6.07) is 14.9. The van der Waals surface area contributed by atoms with E-state index in [-0.39, 0.29) is 18.9 Å². The summed E-state index contributed by atoms with van der Waals surface area (Å²) in [7, 11) is 0. The van der Waals surface area contributed by atoms with Gasteiger partial charge >= 0.3 is 0 Å². The van der Waals surface area contributed by atoms with Gasteiger partial charge in [-0.3, -0.25) is 19.3 Å². The minimum absolute atomic E-state index is 0.0164. The van der Waals surface area contributed by atoms with Gasteiger partial charge in [-0.2, -0.15) is 0 Å². The minimum atomic E-state index is -0.415. The van der Waals surface area contributed by atoms with Gasteiger partial charge in [0.1, 0.15) is 5.82 Å². The van der Waals surface area contributed by atoms with Crippen molar-refractivity contribution >= 4 is 40.6 Å². The van der Waals surface area contributed by atoms with Gasteiger partial charge in [0.25, 0.3) is 11.1 Å². The van der Waals surface area contributed by atoms with Crippen molar-refractivity contribution in [1.82, 2.24) is 4.90 Å². The van der Waals surface area contributed by atoms with Crippen molar-refractivity contribution in [2.45, 2.75) is 6.42 Å². The molecular weight excluding hydrogens is 379 g/mol. The fraction of sp³-hybridized carbons (Fsp3) is 0.0952. The molecule has 142 valence electrons. The smallest absolute Gasteiger partial charge is 0.293 e. The molecule has 0 bridgehead atoms. The predicted octanol–water partition coefficient (Wildman–Crippen LogP) is 4.45. The molecule has 0 radical (unpaired) electrons. The van der Waals surface area contributed by atoms with E-state index in [9.17, 15) is 18.8 Å². The maximum Gasteiger partial charge on any atom is 0.293 e. The molecule has 1 heterocycles. The van der Waals surface area contributed by atoms with Gasteiger partial charge in [-0.05, 0) is 47.7 Å². The fourth-order valence-electron chi connectivity index (χ4n) is 2.49. The molecule has 3 rings (SSSR count). The molecule has 1 N–H and O–H groups in total. The van der Waals surface area contributed by atoms with E-state index < -0.39 is 17.0 Å². The number of thioether (sulfide) groups is 1. The number of rotatable bonds is 6. The van der Waals surface area contributed by atoms with E-state index in [0.717, 1.165) is 22.2 Å². The Morgan fingerprint density at radius 2 is 1.79 bits per heavy atom. The highest BCUT2D eigenvalue weighted by atomic mass is 32.2. The summed E-state index contributed by atoms with van der Waals surface area (Å²) in [6.07, 6.45) is 5.11. The Bertz CT molecular complexity index is 940. The number of anilines is 1. The topological polar surface area (TPSA) is 66.5 Å². The van der Waals surface area contributed by atoms with Gasteiger partial charge in [0.05, 0.1) is 4.91 Å². The highest BCUT2D eigenvalue weighted by Gasteiger charge is 2.34. The van der Waals surface area contributed by atoms with Crippen LogP contribution in [0.4, 0.5) is 14.9 Å². The number of hydrogen-bond donors (Lipinski definition) is 1. The summed E-state index contributed by atoms with van der Waals surface area (Å²) in [5, 5.41) is 2.20. The van der Waals surface area contributed by atoms with Crippen molar-refractivity contribution in [3.63, 3.8) is 0 Å². The number of nitrogens with one attached hydrogen (secondary N) is 1. The summed E-state index contributed by atoms with van der Waals surface area (Å²) < 4.78 is 12.9. The number of benzene rings is 2. The van der Waals surface area contributed by atoms with Crippen molar-refractivity contribution < 1.29 is 18.8 Å². The Kier molecular flexibility index (Phi) is 6.39. The molecule has 3 amide bonds. The first kappa shape index (κ1) is 19.6. The number of allylic oxidation sites excluding steroid dienone is 2. The second kappa shape index (κ2) is 9.14. The number of carbonyl (C=O) groups excluding carboxylic acids is 3. The summed E-state index contributed by atoms with van der Waals surface area (Å²) in [6.45, 7) is -0.0164. The largest absolute Gasteiger partial charge is 0.326 e. The molecule has 0 aromatic heterocycles. The Labute approximate surface area is 165 Å². The predicted molar refractivity (Wildman–Crippen MR) is 108 cm³/mol. The van der Waals surface area contributed by atoms with Crippen LogP contribution in [0.2, 0.25) is 0 Å². The molecular formula is C21H17FN2O3S. The minimum Gasteiger partial charge on any atom is -0.326 e. The number of halogens is 1. The summed E-state index contributed by atoms with van der Waals surface area (Å²) in [5.41, 5.74) is 1.43. The summed E-state index contributed by atoms with van der Waals surface area (Å²) in [4.78, 5) is 37.8. The first-order valence-corrected chi connectivity index (χ1v) is 9.37. The Morgan fingerprint density at radius 3 is 2.50 bits per heavy atom. The van der Waals surface area contributed by atoms with Crippen LogP contribution in [0.15, 0.2) is 71.7 Å². The number of amides is 3. The molecule has 1 aliphatic heterocycles. The van der Waals surface area contributed by atoms with Crippen LogP contribution in [0.3, 0.4) is 0 Å². The normalized spacial score (nSPS) is 15.6. The van der Waals surface area contributed by atoms with Crippen LogP contribution in [0, 0.1) is 5.82 Å². The van der Waals surface area contributed by atoms with Crippen LogP contribution < -0.4 is 5.32 Å². The second-order valence-corrected chi connectivity index (χ2v) is 6.92. The Hall–Kier alpha value is -3.19. The van der Waals surface area contributed by atoms with Gasteiger partial charge in [0.15, 0.2) is 0 Å². The van der Waals surface area contributed by atoms with Crippen LogP contribution in [0.1, 0.15) is 12.0 Å². The quantitative estimate of drug-likeness (QED) is 0.733. The van der Waals surface area contributed by atoms with Crippen LogP contribution in [-0.4, -0.2) is 28.5 Å². The number of nitrogens with zero attached hydrogens (tertiary/aromatic N) is 1. The second-order valence-electron chi connectivity index (χ2n) is 5.93. The lowest BCUT2D eigenvalue weighted by atomic mass is 10.2. The average Bonchev–Trinajstić information content (AvgIpc) is 2.96. The van der Waals surface area contributed by atoms with Gasteiger partial charge in [-0.1, -0.05) is 42.5 Å². The van der Waals surface area contributed by atoms with Crippen LogP contribution >= 0.6 is 11.8 Å². The van der Waals surface area contributed by atoms with Crippen molar-refractivity contribution in [2.24, 2.45) is 0 Å². The van der Waals surface area contributed by atoms with Gasteiger partial charge < -0.3 is 5.32 Å². The monoisotopic (exact) mass is 396 g/mol. The molecule has 0 aliphatic carbocycles. The molecule has 1 aliphatic rings. The zero-order valence-corrected chi connectivity index (χ0v) is 15.6. The van der Waals surface area contributed by atoms with Crippen molar-refractivity contribution in [3.05, 3.63) is 83.0 Å². The van der Waals surface area contributed by atoms with E-state index in [0.29, 0.717) is 10.6 Å². The molecule has 7 heteroatoms. The van der Waals surface area contributed by atoms with Crippen LogP contribution in [0.25, 0.3) is 6.08 Å². The lowest BCUT2D eigenvalue weighted by Gasteiger charge is -2.12. The van der Waals surface area contributed by atoms with E-state index in [2.05, 4.69) is 5.32 Å². The SMILES string of the molecule is O=C(CCN1C(=O)SC(=CC=Cc2ccccc2)C1=O)Nc1ccc(F)cc1. The van der Waals surface area contributed by atoms with Crippen molar-refractivity contribution in [1.29, 1.82) is 0 Å². The first-order chi connectivity index (χ1) is 13.5. The van der Waals surface area contributed by atoms with Gasteiger partial charge in [-0.25, -0.2) is 4.39 Å². The molecule has 5 nitrogen and oxygen atoms in total. The number of carbonyl (C=O) groups is 3. The zero-order valence-electron chi connectivity index (χ0n) is 14.8. The first-order valence-electron chi connectivity index (χ1n) is 8.55. The Balaban J connectivity index is 1.54. The fourth-order valence-corrected chi connectivity index (χ4v) is 3.30. The maximum atomic E-state index is 12.9. The third-order valence-electron chi connectivity index (χ3n) is 3.90. The zero-order chi connectivity index (χ0) is 19.9. The lowest BCUT2D eigenvalue weighted by molar-refractivity contribution is -0.123. The molecule has 0 atom stereocenters. The van der Waals surface area contributed by atoms with Crippen LogP contribution in [-0.2, 0) is 9.59 Å². The third-order valence-corrected chi connectivity index (χ3v) is 4.83. The molecule has 1 fully saturated rings. The third kappa shape index (κ3) is 5.17. The highest BCUT2D eigenvalue weighted by Crippen LogP contribution is 2.30. The van der Waals surface area contributed by atoms with Crippen LogP contribution in [0.5, 0.6) is 0 Å². The van der Waals surface area contributed by atoms with Crippen molar-refractivity contribution in [2.75, 3.05) is 11.9 Å². The van der Waals surface area contributed by atoms with Crippen molar-refractivity contribution in [3.8, 4) is 0 Å². The van der Waals surface area contributed by atoms with E-state index >= 15 is 0 Å². The number of hydrogen-bond acceptors (Lipinski definition) is 4. The van der Waals surface area contributed by atoms with E-state index in [1.165, 1.54) is 24.3 Å². The molecule has 0 unspecified atom stereocenters. The molecule has 0 spiro atoms. The lowest BCUT2D eigenvalue weighted by Crippen LogP contribution is -2.31. The summed E-state index contributed by atoms with van der Waals surface area (Å²) in [5.74, 6) is -1.18. The summed E-state index contributed by atoms with van der Waals surface area (Å²) >= 11 is 0.848. The standard InChI is InChI=1S/C21H17FN2O3S/c22-16-9-11-17(12-10-16)23-19(25)13-14-24-20(26)18(28-21(24)27)8-4-7-15-5-2-1-3-6-15/h1-12H,13-14H2,(H,23,25). The molecule has 2 aromatic carbocycles. The van der Waals surface area contributed by atoms with E-state index in [1.807, 2.05) is 36.4 Å². The average molecular weight is 396 g/mol. The van der Waals surface area contributed by atoms with Gasteiger partial charge in [0.2, 0.25) is 5.91 Å². The molecule has 28 heavy (non-hydrogen) atoms. The van der Waals surface area contributed by atoms with Gasteiger partial charge in [0, 0.05) is 18.7 Å². The molecule has 2 aromatic rings. The molecule has 1 saturated heterocycles. The Morgan fingerprint density at radius 1 is 1.07 bits per heavy atom. The molecule has 0 saturated carbocycles. The number of imide groups is 1. The van der Waals surface area contributed by atoms with Gasteiger partial charge in [-0.15, -0.1) is 0 Å². The van der Waals surface area contributed by atoms with E-state index in [4.69, 9.17) is 0 Å². The van der Waals surface area contributed by atoms with E-state index in [1.54, 1.807) is 12.2 Å². The highest BCUT2D eigenvalue weighted by molar-refractivity contribution is 8.18.